The third-order valence-corrected chi connectivity index (χ3v) is 6.73. The van der Waals surface area contributed by atoms with E-state index in [1.807, 2.05) is 36.4 Å². The monoisotopic (exact) mass is 384 g/mol. The summed E-state index contributed by atoms with van der Waals surface area (Å²) >= 11 is 6.28. The number of carbonyl (C=O) groups excluding carboxylic acids is 1. The van der Waals surface area contributed by atoms with E-state index >= 15 is 0 Å². The van der Waals surface area contributed by atoms with Crippen LogP contribution in [0.3, 0.4) is 0 Å². The normalized spacial score (nSPS) is 27.7. The molecule has 2 aliphatic carbocycles. The van der Waals surface area contributed by atoms with E-state index in [0.29, 0.717) is 22.9 Å². The SMILES string of the molecule is O=C(NC1CC1)[C@@H]1C[C@H]2CCN(Cc3ccc(-c4ccccc4Cl)o3)C[C@H]21. The molecule has 0 radical (unpaired) electrons. The lowest BCUT2D eigenvalue weighted by Crippen LogP contribution is -2.55. The van der Waals surface area contributed by atoms with Gasteiger partial charge in [0.1, 0.15) is 11.5 Å². The highest BCUT2D eigenvalue weighted by molar-refractivity contribution is 6.33. The first-order chi connectivity index (χ1) is 13.2. The molecular weight excluding hydrogens is 360 g/mol. The van der Waals surface area contributed by atoms with Crippen molar-refractivity contribution < 1.29 is 9.21 Å². The quantitative estimate of drug-likeness (QED) is 0.834. The lowest BCUT2D eigenvalue weighted by atomic mass is 9.61. The number of fused-ring (bicyclic) bond motifs is 1. The van der Waals surface area contributed by atoms with Crippen LogP contribution in [0.2, 0.25) is 5.02 Å². The van der Waals surface area contributed by atoms with Crippen molar-refractivity contribution in [3.8, 4) is 11.3 Å². The molecule has 5 rings (SSSR count). The Balaban J connectivity index is 1.22. The minimum absolute atomic E-state index is 0.216. The topological polar surface area (TPSA) is 45.5 Å². The zero-order valence-corrected chi connectivity index (χ0v) is 16.1. The largest absolute Gasteiger partial charge is 0.460 e. The smallest absolute Gasteiger partial charge is 0.223 e. The first-order valence-electron chi connectivity index (χ1n) is 10.0. The van der Waals surface area contributed by atoms with E-state index in [2.05, 4.69) is 10.2 Å². The fourth-order valence-corrected chi connectivity index (χ4v) is 4.85. The molecule has 142 valence electrons. The molecule has 0 unspecified atom stereocenters. The Labute approximate surface area is 164 Å². The Kier molecular flexibility index (Phi) is 4.49. The van der Waals surface area contributed by atoms with Crippen LogP contribution in [0.15, 0.2) is 40.8 Å². The summed E-state index contributed by atoms with van der Waals surface area (Å²) in [6.45, 7) is 2.88. The second kappa shape index (κ2) is 6.99. The van der Waals surface area contributed by atoms with Gasteiger partial charge in [-0.1, -0.05) is 23.7 Å². The summed E-state index contributed by atoms with van der Waals surface area (Å²) in [6, 6.07) is 12.3. The minimum Gasteiger partial charge on any atom is -0.460 e. The van der Waals surface area contributed by atoms with Gasteiger partial charge >= 0.3 is 0 Å². The summed E-state index contributed by atoms with van der Waals surface area (Å²) < 4.78 is 6.06. The van der Waals surface area contributed by atoms with Crippen molar-refractivity contribution in [2.75, 3.05) is 13.1 Å². The summed E-state index contributed by atoms with van der Waals surface area (Å²) in [5.74, 6) is 3.52. The van der Waals surface area contributed by atoms with Crippen LogP contribution in [-0.2, 0) is 11.3 Å². The van der Waals surface area contributed by atoms with Gasteiger partial charge in [-0.25, -0.2) is 0 Å². The van der Waals surface area contributed by atoms with E-state index < -0.39 is 0 Å². The van der Waals surface area contributed by atoms with Gasteiger partial charge in [-0.3, -0.25) is 9.69 Å². The summed E-state index contributed by atoms with van der Waals surface area (Å²) in [7, 11) is 0. The van der Waals surface area contributed by atoms with Crippen LogP contribution in [0.25, 0.3) is 11.3 Å². The molecule has 1 saturated heterocycles. The van der Waals surface area contributed by atoms with Crippen molar-refractivity contribution in [1.29, 1.82) is 0 Å². The van der Waals surface area contributed by atoms with Crippen LogP contribution in [0, 0.1) is 17.8 Å². The Bertz CT molecular complexity index is 844. The highest BCUT2D eigenvalue weighted by atomic mass is 35.5. The predicted octanol–water partition coefficient (Wildman–Crippen LogP) is 4.34. The minimum atomic E-state index is 0.216. The molecule has 3 atom stereocenters. The highest BCUT2D eigenvalue weighted by Crippen LogP contribution is 2.46. The van der Waals surface area contributed by atoms with Crippen molar-refractivity contribution in [3.05, 3.63) is 47.2 Å². The van der Waals surface area contributed by atoms with Gasteiger partial charge in [0.15, 0.2) is 0 Å². The van der Waals surface area contributed by atoms with E-state index in [1.165, 1.54) is 6.42 Å². The number of halogens is 1. The Morgan fingerprint density at radius 1 is 1.19 bits per heavy atom. The number of furan rings is 1. The van der Waals surface area contributed by atoms with Crippen LogP contribution in [0.1, 0.15) is 31.4 Å². The van der Waals surface area contributed by atoms with Crippen LogP contribution < -0.4 is 5.32 Å². The maximum atomic E-state index is 12.4. The van der Waals surface area contributed by atoms with Gasteiger partial charge in [-0.15, -0.1) is 0 Å². The molecule has 1 amide bonds. The van der Waals surface area contributed by atoms with Gasteiger partial charge in [-0.05, 0) is 68.3 Å². The van der Waals surface area contributed by atoms with Gasteiger partial charge in [-0.2, -0.15) is 0 Å². The zero-order chi connectivity index (χ0) is 18.4. The van der Waals surface area contributed by atoms with E-state index in [1.54, 1.807) is 0 Å². The Morgan fingerprint density at radius 3 is 2.85 bits per heavy atom. The summed E-state index contributed by atoms with van der Waals surface area (Å²) in [5.41, 5.74) is 0.930. The number of nitrogens with one attached hydrogen (secondary N) is 1. The Morgan fingerprint density at radius 2 is 2.04 bits per heavy atom. The molecular formula is C22H25ClN2O2. The van der Waals surface area contributed by atoms with Crippen LogP contribution in [-0.4, -0.2) is 29.9 Å². The van der Waals surface area contributed by atoms with Crippen molar-refractivity contribution in [3.63, 3.8) is 0 Å². The number of likely N-dealkylation sites (tertiary alicyclic amines) is 1. The third kappa shape index (κ3) is 3.53. The van der Waals surface area contributed by atoms with E-state index in [4.69, 9.17) is 16.0 Å². The number of hydrogen-bond acceptors (Lipinski definition) is 3. The molecule has 27 heavy (non-hydrogen) atoms. The molecule has 3 fully saturated rings. The van der Waals surface area contributed by atoms with E-state index in [9.17, 15) is 4.79 Å². The molecule has 2 heterocycles. The number of rotatable bonds is 5. The molecule has 2 aromatic rings. The Hall–Kier alpha value is -1.78. The lowest BCUT2D eigenvalue weighted by Gasteiger charge is -2.50. The van der Waals surface area contributed by atoms with Crippen molar-refractivity contribution in [1.82, 2.24) is 10.2 Å². The van der Waals surface area contributed by atoms with Crippen LogP contribution >= 0.6 is 11.6 Å². The van der Waals surface area contributed by atoms with Gasteiger partial charge in [0.05, 0.1) is 11.6 Å². The second-order valence-electron chi connectivity index (χ2n) is 8.32. The lowest BCUT2D eigenvalue weighted by molar-refractivity contribution is -0.137. The standard InChI is InChI=1S/C22H25ClN2O2/c23-20-4-2-1-3-17(20)21-8-7-16(27-21)12-25-10-9-14-11-18(19(14)13-25)22(26)24-15-5-6-15/h1-4,7-8,14-15,18-19H,5-6,9-13H2,(H,24,26)/t14-,18-,19-/m1/s1. The van der Waals surface area contributed by atoms with Gasteiger partial charge in [0.25, 0.3) is 0 Å². The van der Waals surface area contributed by atoms with Gasteiger partial charge in [0.2, 0.25) is 5.91 Å². The van der Waals surface area contributed by atoms with Gasteiger partial charge < -0.3 is 9.73 Å². The molecule has 1 aromatic carbocycles. The average molecular weight is 385 g/mol. The van der Waals surface area contributed by atoms with E-state index in [0.717, 1.165) is 61.9 Å². The molecule has 0 bridgehead atoms. The first kappa shape index (κ1) is 17.3. The fraction of sp³-hybridized carbons (Fsp3) is 0.500. The second-order valence-corrected chi connectivity index (χ2v) is 8.73. The molecule has 0 spiro atoms. The molecule has 1 aliphatic heterocycles. The molecule has 4 nitrogen and oxygen atoms in total. The maximum absolute atomic E-state index is 12.4. The number of hydrogen-bond donors (Lipinski definition) is 1. The van der Waals surface area contributed by atoms with Crippen molar-refractivity contribution >= 4 is 17.5 Å². The van der Waals surface area contributed by atoms with Crippen molar-refractivity contribution in [2.24, 2.45) is 17.8 Å². The number of amides is 1. The molecule has 1 N–H and O–H groups in total. The molecule has 3 aliphatic rings. The summed E-state index contributed by atoms with van der Waals surface area (Å²) in [5, 5.41) is 3.90. The summed E-state index contributed by atoms with van der Waals surface area (Å²) in [4.78, 5) is 14.9. The first-order valence-corrected chi connectivity index (χ1v) is 10.4. The number of piperidine rings is 1. The number of carbonyl (C=O) groups is 1. The highest BCUT2D eigenvalue weighted by Gasteiger charge is 2.48. The maximum Gasteiger partial charge on any atom is 0.223 e. The number of nitrogens with zero attached hydrogens (tertiary/aromatic N) is 1. The van der Waals surface area contributed by atoms with E-state index in [-0.39, 0.29) is 5.92 Å². The fourth-order valence-electron chi connectivity index (χ4n) is 4.62. The van der Waals surface area contributed by atoms with Crippen LogP contribution in [0.4, 0.5) is 0 Å². The average Bonchev–Trinajstić information content (AvgIpc) is 3.33. The summed E-state index contributed by atoms with van der Waals surface area (Å²) in [6.07, 6.45) is 4.58. The zero-order valence-electron chi connectivity index (χ0n) is 15.4. The van der Waals surface area contributed by atoms with Gasteiger partial charge in [0, 0.05) is 24.1 Å². The predicted molar refractivity (Wildman–Crippen MR) is 105 cm³/mol. The third-order valence-electron chi connectivity index (χ3n) is 6.41. The molecule has 5 heteroatoms. The molecule has 1 aromatic heterocycles. The number of benzene rings is 1. The van der Waals surface area contributed by atoms with Crippen molar-refractivity contribution in [2.45, 2.75) is 38.3 Å². The molecule has 2 saturated carbocycles. The van der Waals surface area contributed by atoms with Crippen LogP contribution in [0.5, 0.6) is 0 Å².